The molecule has 2 rings (SSSR count). The van der Waals surface area contributed by atoms with Crippen LogP contribution < -0.4 is 10.1 Å². The maximum absolute atomic E-state index is 6.15. The Labute approximate surface area is 102 Å². The number of nitrogens with one attached hydrogen (secondary N) is 1. The van der Waals surface area contributed by atoms with Gasteiger partial charge in [0, 0.05) is 12.1 Å². The van der Waals surface area contributed by atoms with E-state index in [1.807, 2.05) is 18.2 Å². The largest absolute Gasteiger partial charge is 0.497 e. The third-order valence-electron chi connectivity index (χ3n) is 3.23. The highest BCUT2D eigenvalue weighted by molar-refractivity contribution is 6.33. The van der Waals surface area contributed by atoms with Crippen molar-refractivity contribution >= 4 is 17.3 Å². The summed E-state index contributed by atoms with van der Waals surface area (Å²) in [6.07, 6.45) is 3.77. The molecule has 3 heteroatoms. The zero-order valence-electron chi connectivity index (χ0n) is 9.79. The third kappa shape index (κ3) is 2.62. The van der Waals surface area contributed by atoms with Gasteiger partial charge >= 0.3 is 0 Å². The molecular weight excluding hydrogens is 222 g/mol. The molecule has 0 radical (unpaired) electrons. The van der Waals surface area contributed by atoms with Gasteiger partial charge in [-0.15, -0.1) is 0 Å². The van der Waals surface area contributed by atoms with Crippen LogP contribution in [0.1, 0.15) is 26.2 Å². The smallest absolute Gasteiger partial charge is 0.121 e. The SMILES string of the molecule is COc1ccc(Cl)c(NC2CCC(C)C2)c1. The highest BCUT2D eigenvalue weighted by Crippen LogP contribution is 2.32. The van der Waals surface area contributed by atoms with E-state index in [1.54, 1.807) is 7.11 Å². The van der Waals surface area contributed by atoms with Gasteiger partial charge in [0.15, 0.2) is 0 Å². The summed E-state index contributed by atoms with van der Waals surface area (Å²) in [5.41, 5.74) is 0.986. The Bertz CT molecular complexity index is 367. The Hall–Kier alpha value is -0.890. The molecule has 1 aliphatic rings. The minimum Gasteiger partial charge on any atom is -0.497 e. The zero-order valence-corrected chi connectivity index (χ0v) is 10.6. The molecule has 2 unspecified atom stereocenters. The summed E-state index contributed by atoms with van der Waals surface area (Å²) in [4.78, 5) is 0. The molecule has 0 bridgehead atoms. The average Bonchev–Trinajstić information content (AvgIpc) is 2.67. The van der Waals surface area contributed by atoms with Crippen molar-refractivity contribution in [3.8, 4) is 5.75 Å². The number of ether oxygens (including phenoxy) is 1. The lowest BCUT2D eigenvalue weighted by Gasteiger charge is -2.16. The molecule has 88 valence electrons. The molecule has 2 atom stereocenters. The molecule has 0 heterocycles. The van der Waals surface area contributed by atoms with Crippen LogP contribution in [0.2, 0.25) is 5.02 Å². The van der Waals surface area contributed by atoms with Crippen LogP contribution in [0.4, 0.5) is 5.69 Å². The lowest BCUT2D eigenvalue weighted by atomic mass is 10.1. The Balaban J connectivity index is 2.08. The molecule has 2 nitrogen and oxygen atoms in total. The van der Waals surface area contributed by atoms with Crippen molar-refractivity contribution in [3.05, 3.63) is 23.2 Å². The Morgan fingerprint density at radius 1 is 1.38 bits per heavy atom. The fourth-order valence-electron chi connectivity index (χ4n) is 2.30. The van der Waals surface area contributed by atoms with Crippen LogP contribution in [0.5, 0.6) is 5.75 Å². The van der Waals surface area contributed by atoms with Crippen LogP contribution in [-0.2, 0) is 0 Å². The van der Waals surface area contributed by atoms with Gasteiger partial charge in [-0.05, 0) is 37.3 Å². The van der Waals surface area contributed by atoms with Crippen LogP contribution >= 0.6 is 11.6 Å². The van der Waals surface area contributed by atoms with E-state index in [-0.39, 0.29) is 0 Å². The predicted octanol–water partition coefficient (Wildman–Crippen LogP) is 3.95. The van der Waals surface area contributed by atoms with Gasteiger partial charge in [0.1, 0.15) is 5.75 Å². The van der Waals surface area contributed by atoms with Crippen LogP contribution in [-0.4, -0.2) is 13.2 Å². The van der Waals surface area contributed by atoms with Gasteiger partial charge in [0.25, 0.3) is 0 Å². The number of benzene rings is 1. The van der Waals surface area contributed by atoms with Crippen LogP contribution in [0, 0.1) is 5.92 Å². The summed E-state index contributed by atoms with van der Waals surface area (Å²) in [6, 6.07) is 6.27. The first-order valence-electron chi connectivity index (χ1n) is 5.79. The first kappa shape index (κ1) is 11.6. The standard InChI is InChI=1S/C13H18ClNO/c1-9-3-4-10(7-9)15-13-8-11(16-2)5-6-12(13)14/h5-6,8-10,15H,3-4,7H2,1-2H3. The van der Waals surface area contributed by atoms with E-state index in [0.717, 1.165) is 22.4 Å². The Kier molecular flexibility index (Phi) is 3.59. The summed E-state index contributed by atoms with van der Waals surface area (Å²) in [7, 11) is 1.67. The Morgan fingerprint density at radius 3 is 2.81 bits per heavy atom. The van der Waals surface area contributed by atoms with E-state index in [1.165, 1.54) is 19.3 Å². The van der Waals surface area contributed by atoms with Crippen molar-refractivity contribution in [2.75, 3.05) is 12.4 Å². The van der Waals surface area contributed by atoms with Gasteiger partial charge < -0.3 is 10.1 Å². The maximum atomic E-state index is 6.15. The molecule has 0 aliphatic heterocycles. The molecule has 1 aliphatic carbocycles. The van der Waals surface area contributed by atoms with E-state index in [2.05, 4.69) is 12.2 Å². The average molecular weight is 240 g/mol. The molecule has 0 spiro atoms. The highest BCUT2D eigenvalue weighted by atomic mass is 35.5. The van der Waals surface area contributed by atoms with Crippen molar-refractivity contribution < 1.29 is 4.74 Å². The van der Waals surface area contributed by atoms with Crippen molar-refractivity contribution in [3.63, 3.8) is 0 Å². The number of halogens is 1. The molecule has 1 saturated carbocycles. The van der Waals surface area contributed by atoms with Gasteiger partial charge in [0.05, 0.1) is 17.8 Å². The Morgan fingerprint density at radius 2 is 2.19 bits per heavy atom. The van der Waals surface area contributed by atoms with Gasteiger partial charge in [0.2, 0.25) is 0 Å². The summed E-state index contributed by atoms with van der Waals surface area (Å²) in [5.74, 6) is 1.67. The van der Waals surface area contributed by atoms with E-state index in [4.69, 9.17) is 16.3 Å². The normalized spacial score (nSPS) is 24.4. The first-order chi connectivity index (χ1) is 7.69. The van der Waals surface area contributed by atoms with Crippen LogP contribution in [0.15, 0.2) is 18.2 Å². The van der Waals surface area contributed by atoms with E-state index in [0.29, 0.717) is 6.04 Å². The highest BCUT2D eigenvalue weighted by Gasteiger charge is 2.21. The second-order valence-corrected chi connectivity index (χ2v) is 5.01. The zero-order chi connectivity index (χ0) is 11.5. The lowest BCUT2D eigenvalue weighted by molar-refractivity contribution is 0.415. The van der Waals surface area contributed by atoms with E-state index in [9.17, 15) is 0 Å². The monoisotopic (exact) mass is 239 g/mol. The number of rotatable bonds is 3. The fourth-order valence-corrected chi connectivity index (χ4v) is 2.47. The lowest BCUT2D eigenvalue weighted by Crippen LogP contribution is -2.15. The molecule has 1 N–H and O–H groups in total. The van der Waals surface area contributed by atoms with Crippen molar-refractivity contribution in [2.24, 2.45) is 5.92 Å². The molecular formula is C13H18ClNO. The van der Waals surface area contributed by atoms with Gasteiger partial charge in [-0.2, -0.15) is 0 Å². The molecule has 0 saturated heterocycles. The molecule has 1 aromatic rings. The van der Waals surface area contributed by atoms with Crippen molar-refractivity contribution in [1.82, 2.24) is 0 Å². The number of methoxy groups -OCH3 is 1. The van der Waals surface area contributed by atoms with E-state index < -0.39 is 0 Å². The summed E-state index contributed by atoms with van der Waals surface area (Å²) < 4.78 is 5.20. The quantitative estimate of drug-likeness (QED) is 0.863. The summed E-state index contributed by atoms with van der Waals surface area (Å²) in [6.45, 7) is 2.30. The third-order valence-corrected chi connectivity index (χ3v) is 3.56. The van der Waals surface area contributed by atoms with E-state index >= 15 is 0 Å². The second kappa shape index (κ2) is 4.96. The van der Waals surface area contributed by atoms with Crippen molar-refractivity contribution in [2.45, 2.75) is 32.2 Å². The molecule has 16 heavy (non-hydrogen) atoms. The molecule has 1 aromatic carbocycles. The maximum Gasteiger partial charge on any atom is 0.121 e. The predicted molar refractivity (Wildman–Crippen MR) is 68.4 cm³/mol. The second-order valence-electron chi connectivity index (χ2n) is 4.61. The summed E-state index contributed by atoms with van der Waals surface area (Å²) in [5, 5.41) is 4.27. The number of hydrogen-bond donors (Lipinski definition) is 1. The molecule has 1 fully saturated rings. The minimum absolute atomic E-state index is 0.555. The van der Waals surface area contributed by atoms with Gasteiger partial charge in [-0.1, -0.05) is 18.5 Å². The van der Waals surface area contributed by atoms with Crippen LogP contribution in [0.25, 0.3) is 0 Å². The number of hydrogen-bond acceptors (Lipinski definition) is 2. The topological polar surface area (TPSA) is 21.3 Å². The van der Waals surface area contributed by atoms with Crippen molar-refractivity contribution in [1.29, 1.82) is 0 Å². The first-order valence-corrected chi connectivity index (χ1v) is 6.17. The number of anilines is 1. The van der Waals surface area contributed by atoms with Crippen LogP contribution in [0.3, 0.4) is 0 Å². The fraction of sp³-hybridized carbons (Fsp3) is 0.538. The molecule has 0 aromatic heterocycles. The van der Waals surface area contributed by atoms with Gasteiger partial charge in [-0.25, -0.2) is 0 Å². The minimum atomic E-state index is 0.555. The molecule has 0 amide bonds. The van der Waals surface area contributed by atoms with Gasteiger partial charge in [-0.3, -0.25) is 0 Å². The summed E-state index contributed by atoms with van der Waals surface area (Å²) >= 11 is 6.15.